The van der Waals surface area contributed by atoms with Crippen LogP contribution in [0.4, 0.5) is 4.39 Å². The third kappa shape index (κ3) is 3.35. The van der Waals surface area contributed by atoms with Gasteiger partial charge in [0.1, 0.15) is 11.5 Å². The average molecular weight is 401 g/mol. The van der Waals surface area contributed by atoms with E-state index < -0.39 is 0 Å². The van der Waals surface area contributed by atoms with Gasteiger partial charge >= 0.3 is 0 Å². The number of nitrogens with one attached hydrogen (secondary N) is 1. The van der Waals surface area contributed by atoms with Gasteiger partial charge in [0.15, 0.2) is 0 Å². The Morgan fingerprint density at radius 3 is 2.67 bits per heavy atom. The summed E-state index contributed by atoms with van der Waals surface area (Å²) in [7, 11) is 0. The Hall–Kier alpha value is -3.51. The number of aromatic nitrogens is 2. The molecule has 1 amide bonds. The highest BCUT2D eigenvalue weighted by Crippen LogP contribution is 2.31. The van der Waals surface area contributed by atoms with Crippen molar-refractivity contribution in [2.24, 2.45) is 0 Å². The molecule has 0 saturated carbocycles. The van der Waals surface area contributed by atoms with Gasteiger partial charge in [-0.1, -0.05) is 30.3 Å². The largest absolute Gasteiger partial charge is 0.378 e. The number of rotatable bonds is 3. The van der Waals surface area contributed by atoms with Gasteiger partial charge in [0.05, 0.1) is 13.2 Å². The molecular formula is C24H20FN3O2. The number of aromatic amines is 1. The number of hydrogen-bond acceptors (Lipinski definition) is 3. The van der Waals surface area contributed by atoms with Crippen molar-refractivity contribution in [2.75, 3.05) is 26.3 Å². The second-order valence-corrected chi connectivity index (χ2v) is 7.28. The number of carbonyl (C=O) groups excluding carboxylic acids is 1. The van der Waals surface area contributed by atoms with E-state index in [2.05, 4.69) is 9.97 Å². The van der Waals surface area contributed by atoms with E-state index in [0.717, 1.165) is 16.6 Å². The zero-order chi connectivity index (χ0) is 20.5. The molecule has 150 valence electrons. The summed E-state index contributed by atoms with van der Waals surface area (Å²) < 4.78 is 20.4. The van der Waals surface area contributed by atoms with Gasteiger partial charge in [0.25, 0.3) is 5.91 Å². The van der Waals surface area contributed by atoms with E-state index in [1.165, 1.54) is 6.07 Å². The van der Waals surface area contributed by atoms with Crippen LogP contribution in [0.25, 0.3) is 33.3 Å². The molecule has 6 heteroatoms. The van der Waals surface area contributed by atoms with E-state index in [-0.39, 0.29) is 11.7 Å². The molecule has 30 heavy (non-hydrogen) atoms. The zero-order valence-corrected chi connectivity index (χ0v) is 16.3. The fourth-order valence-electron chi connectivity index (χ4n) is 3.86. The van der Waals surface area contributed by atoms with Crippen LogP contribution in [0.2, 0.25) is 0 Å². The lowest BCUT2D eigenvalue weighted by molar-refractivity contribution is 0.0303. The van der Waals surface area contributed by atoms with Crippen LogP contribution in [0.1, 0.15) is 10.4 Å². The maximum absolute atomic E-state index is 15.1. The number of pyridine rings is 1. The van der Waals surface area contributed by atoms with E-state index in [0.29, 0.717) is 48.6 Å². The number of hydrogen-bond donors (Lipinski definition) is 1. The minimum absolute atomic E-state index is 0.0551. The molecule has 5 rings (SSSR count). The minimum atomic E-state index is -0.349. The SMILES string of the molecule is O=C(c1ccccc1-c1ccc(-c2cnc3[nH]ccc3c2)c(F)c1)N1CCOCC1. The fraction of sp³-hybridized carbons (Fsp3) is 0.167. The Balaban J connectivity index is 1.51. The van der Waals surface area contributed by atoms with Gasteiger partial charge in [-0.15, -0.1) is 0 Å². The Kier molecular flexibility index (Phi) is 4.77. The van der Waals surface area contributed by atoms with Crippen molar-refractivity contribution in [1.29, 1.82) is 0 Å². The number of fused-ring (bicyclic) bond motifs is 1. The predicted molar refractivity (Wildman–Crippen MR) is 114 cm³/mol. The molecule has 2 aromatic carbocycles. The van der Waals surface area contributed by atoms with Crippen molar-refractivity contribution in [3.63, 3.8) is 0 Å². The quantitative estimate of drug-likeness (QED) is 0.550. The molecule has 3 heterocycles. The summed E-state index contributed by atoms with van der Waals surface area (Å²) in [6.07, 6.45) is 3.47. The lowest BCUT2D eigenvalue weighted by Crippen LogP contribution is -2.40. The van der Waals surface area contributed by atoms with Gasteiger partial charge in [-0.2, -0.15) is 0 Å². The summed E-state index contributed by atoms with van der Waals surface area (Å²) in [5.41, 5.74) is 3.92. The molecule has 0 unspecified atom stereocenters. The Morgan fingerprint density at radius 1 is 1.00 bits per heavy atom. The summed E-state index contributed by atoms with van der Waals surface area (Å²) in [5, 5.41) is 0.928. The van der Waals surface area contributed by atoms with Gasteiger partial charge < -0.3 is 14.6 Å². The Morgan fingerprint density at radius 2 is 1.83 bits per heavy atom. The first-order valence-corrected chi connectivity index (χ1v) is 9.90. The molecule has 0 atom stereocenters. The minimum Gasteiger partial charge on any atom is -0.378 e. The highest BCUT2D eigenvalue weighted by molar-refractivity contribution is 6.01. The first kappa shape index (κ1) is 18.5. The molecule has 1 N–H and O–H groups in total. The topological polar surface area (TPSA) is 58.2 Å². The van der Waals surface area contributed by atoms with Gasteiger partial charge in [0.2, 0.25) is 0 Å². The van der Waals surface area contributed by atoms with Crippen LogP contribution < -0.4 is 0 Å². The average Bonchev–Trinajstić information content (AvgIpc) is 3.27. The van der Waals surface area contributed by atoms with Crippen LogP contribution in [-0.2, 0) is 4.74 Å². The molecule has 0 aliphatic carbocycles. The smallest absolute Gasteiger partial charge is 0.254 e. The molecule has 0 spiro atoms. The van der Waals surface area contributed by atoms with Crippen molar-refractivity contribution >= 4 is 16.9 Å². The van der Waals surface area contributed by atoms with Crippen molar-refractivity contribution in [3.05, 3.63) is 78.4 Å². The number of halogens is 1. The lowest BCUT2D eigenvalue weighted by Gasteiger charge is -2.27. The molecule has 1 fully saturated rings. The van der Waals surface area contributed by atoms with Crippen LogP contribution in [0.15, 0.2) is 67.0 Å². The maximum atomic E-state index is 15.1. The Bertz CT molecular complexity index is 1230. The third-order valence-electron chi connectivity index (χ3n) is 5.45. The highest BCUT2D eigenvalue weighted by Gasteiger charge is 2.21. The van der Waals surface area contributed by atoms with Crippen LogP contribution in [0.5, 0.6) is 0 Å². The predicted octanol–water partition coefficient (Wildman–Crippen LogP) is 4.51. The van der Waals surface area contributed by atoms with Crippen LogP contribution in [0.3, 0.4) is 0 Å². The van der Waals surface area contributed by atoms with Gasteiger partial charge in [-0.25, -0.2) is 9.37 Å². The van der Waals surface area contributed by atoms with Crippen molar-refractivity contribution in [3.8, 4) is 22.3 Å². The zero-order valence-electron chi connectivity index (χ0n) is 16.3. The molecule has 0 bridgehead atoms. The molecule has 4 aromatic rings. The molecular weight excluding hydrogens is 381 g/mol. The van der Waals surface area contributed by atoms with Crippen molar-refractivity contribution in [2.45, 2.75) is 0 Å². The van der Waals surface area contributed by atoms with Gasteiger partial charge in [-0.3, -0.25) is 4.79 Å². The van der Waals surface area contributed by atoms with E-state index >= 15 is 4.39 Å². The summed E-state index contributed by atoms with van der Waals surface area (Å²) in [4.78, 5) is 22.2. The summed E-state index contributed by atoms with van der Waals surface area (Å²) in [5.74, 6) is -0.404. The fourth-order valence-corrected chi connectivity index (χ4v) is 3.86. The van der Waals surface area contributed by atoms with Crippen LogP contribution in [-0.4, -0.2) is 47.1 Å². The standard InChI is InChI=1S/C24H20FN3O2/c25-22-14-16(5-6-20(22)18-13-17-7-8-26-23(17)27-15-18)19-3-1-2-4-21(19)24(29)28-9-11-30-12-10-28/h1-8,13-15H,9-12H2,(H,26,27). The Labute approximate surface area is 173 Å². The van der Waals surface area contributed by atoms with Crippen molar-refractivity contribution in [1.82, 2.24) is 14.9 Å². The summed E-state index contributed by atoms with van der Waals surface area (Å²) in [6, 6.07) is 16.3. The highest BCUT2D eigenvalue weighted by atomic mass is 19.1. The molecule has 0 radical (unpaired) electrons. The second-order valence-electron chi connectivity index (χ2n) is 7.28. The number of carbonyl (C=O) groups is 1. The maximum Gasteiger partial charge on any atom is 0.254 e. The van der Waals surface area contributed by atoms with Crippen LogP contribution in [0, 0.1) is 5.82 Å². The van der Waals surface area contributed by atoms with E-state index in [1.54, 1.807) is 23.2 Å². The number of nitrogens with zero attached hydrogens (tertiary/aromatic N) is 2. The van der Waals surface area contributed by atoms with E-state index in [9.17, 15) is 4.79 Å². The molecule has 1 saturated heterocycles. The van der Waals surface area contributed by atoms with E-state index in [1.807, 2.05) is 42.6 Å². The van der Waals surface area contributed by atoms with Gasteiger partial charge in [0, 0.05) is 47.6 Å². The summed E-state index contributed by atoms with van der Waals surface area (Å²) >= 11 is 0. The molecule has 5 nitrogen and oxygen atoms in total. The monoisotopic (exact) mass is 401 g/mol. The number of benzene rings is 2. The van der Waals surface area contributed by atoms with E-state index in [4.69, 9.17) is 4.74 Å². The van der Waals surface area contributed by atoms with Crippen molar-refractivity contribution < 1.29 is 13.9 Å². The number of morpholine rings is 1. The van der Waals surface area contributed by atoms with Gasteiger partial charge in [-0.05, 0) is 35.4 Å². The number of H-pyrrole nitrogens is 1. The normalized spacial score (nSPS) is 14.2. The summed E-state index contributed by atoms with van der Waals surface area (Å²) in [6.45, 7) is 2.21. The first-order valence-electron chi connectivity index (χ1n) is 9.90. The first-order chi connectivity index (χ1) is 14.7. The third-order valence-corrected chi connectivity index (χ3v) is 5.45. The second kappa shape index (κ2) is 7.72. The molecule has 1 aliphatic rings. The lowest BCUT2D eigenvalue weighted by atomic mass is 9.96. The molecule has 2 aromatic heterocycles. The molecule has 1 aliphatic heterocycles. The number of ether oxygens (including phenoxy) is 1. The van der Waals surface area contributed by atoms with Crippen LogP contribution >= 0.6 is 0 Å². The number of amides is 1.